The molecular formula is C36H46N8O12P2. The van der Waals surface area contributed by atoms with E-state index in [-0.39, 0.29) is 41.5 Å². The molecule has 0 radical (unpaired) electrons. The lowest BCUT2D eigenvalue weighted by molar-refractivity contribution is -0.151. The van der Waals surface area contributed by atoms with Gasteiger partial charge in [0.15, 0.2) is 17.7 Å². The van der Waals surface area contributed by atoms with Crippen molar-refractivity contribution in [3.63, 3.8) is 0 Å². The Hall–Kier alpha value is -4.96. The molecule has 20 nitrogen and oxygen atoms in total. The number of para-hydroxylation sites is 2. The summed E-state index contributed by atoms with van der Waals surface area (Å²) in [7, 11) is -8.60. The fraction of sp³-hybridized carbons (Fsp3) is 0.444. The van der Waals surface area contributed by atoms with Crippen LogP contribution in [0.5, 0.6) is 11.5 Å². The summed E-state index contributed by atoms with van der Waals surface area (Å²) < 4.78 is 69.0. The van der Waals surface area contributed by atoms with Gasteiger partial charge in [0.1, 0.15) is 59.7 Å². The van der Waals surface area contributed by atoms with E-state index in [2.05, 4.69) is 25.1 Å². The topological polar surface area (TPSA) is 271 Å². The highest BCUT2D eigenvalue weighted by Gasteiger charge is 2.47. The van der Waals surface area contributed by atoms with Gasteiger partial charge in [-0.05, 0) is 58.9 Å². The molecule has 5 N–H and O–H groups in total. The van der Waals surface area contributed by atoms with Crippen molar-refractivity contribution in [2.24, 2.45) is 5.92 Å². The molecule has 2 aromatic heterocycles. The largest absolute Gasteiger partial charge is 0.462 e. The van der Waals surface area contributed by atoms with Crippen LogP contribution in [0, 0.1) is 17.2 Å². The van der Waals surface area contributed by atoms with Crippen LogP contribution in [-0.4, -0.2) is 86.3 Å². The van der Waals surface area contributed by atoms with Gasteiger partial charge in [0.25, 0.3) is 0 Å². The quantitative estimate of drug-likeness (QED) is 0.0707. The van der Waals surface area contributed by atoms with Gasteiger partial charge < -0.3 is 34.1 Å². The summed E-state index contributed by atoms with van der Waals surface area (Å²) in [5.74, 6) is -2.17. The summed E-state index contributed by atoms with van der Waals surface area (Å²) >= 11 is 0. The zero-order valence-electron chi connectivity index (χ0n) is 32.3. The zero-order valence-corrected chi connectivity index (χ0v) is 34.1. The summed E-state index contributed by atoms with van der Waals surface area (Å²) in [6.07, 6.45) is -2.29. The van der Waals surface area contributed by atoms with Crippen molar-refractivity contribution in [3.05, 3.63) is 73.3 Å². The average Bonchev–Trinajstić information content (AvgIpc) is 3.75. The smallest absolute Gasteiger partial charge is 0.459 e. The Kier molecular flexibility index (Phi) is 15.0. The van der Waals surface area contributed by atoms with Crippen LogP contribution < -0.4 is 25.0 Å². The maximum Gasteiger partial charge on any atom is 0.459 e. The molecule has 4 aromatic rings. The molecule has 0 bridgehead atoms. The third-order valence-corrected chi connectivity index (χ3v) is 11.7. The van der Waals surface area contributed by atoms with E-state index >= 15 is 0 Å². The number of benzene rings is 2. The van der Waals surface area contributed by atoms with Crippen molar-refractivity contribution in [3.8, 4) is 17.6 Å². The number of nitrogen functional groups attached to an aromatic ring is 1. The monoisotopic (exact) mass is 844 g/mol. The van der Waals surface area contributed by atoms with Crippen LogP contribution in [0.3, 0.4) is 0 Å². The van der Waals surface area contributed by atoms with Crippen molar-refractivity contribution in [1.82, 2.24) is 29.7 Å². The van der Waals surface area contributed by atoms with Crippen LogP contribution in [0.4, 0.5) is 5.82 Å². The van der Waals surface area contributed by atoms with Gasteiger partial charge >= 0.3 is 27.4 Å². The van der Waals surface area contributed by atoms with E-state index in [0.717, 1.165) is 0 Å². The minimum absolute atomic E-state index is 0.0325. The van der Waals surface area contributed by atoms with Crippen molar-refractivity contribution in [1.29, 1.82) is 5.26 Å². The Morgan fingerprint density at radius 3 is 2.03 bits per heavy atom. The number of anilines is 1. The molecule has 1 aliphatic rings. The van der Waals surface area contributed by atoms with Crippen LogP contribution in [-0.2, 0) is 42.0 Å². The number of aliphatic hydroxyl groups excluding tert-OH is 1. The number of fused-ring (bicyclic) bond motifs is 1. The molecule has 0 spiro atoms. The minimum atomic E-state index is -4.44. The number of aromatic nitrogens is 4. The molecule has 0 amide bonds. The van der Waals surface area contributed by atoms with Crippen molar-refractivity contribution in [2.45, 2.75) is 83.8 Å². The second kappa shape index (κ2) is 19.7. The molecule has 1 fully saturated rings. The Morgan fingerprint density at radius 2 is 1.47 bits per heavy atom. The second-order valence-electron chi connectivity index (χ2n) is 13.4. The van der Waals surface area contributed by atoms with Crippen LogP contribution in [0.2, 0.25) is 0 Å². The first-order valence-electron chi connectivity index (χ1n) is 18.2. The SMILES string of the molecule is CC(C)OC(=O)C(C)NP(=O)(OCCC(C)OC(=O)C(C)NP(=O)(OCC1OC(n2cnc3c(N)ncnc32)C(C#N)C1O)Oc1ccccc1)Oc1ccccc1. The summed E-state index contributed by atoms with van der Waals surface area (Å²) in [4.78, 5) is 38.0. The van der Waals surface area contributed by atoms with E-state index in [9.17, 15) is 29.1 Å². The normalized spacial score (nSPS) is 21.6. The third-order valence-electron chi connectivity index (χ3n) is 8.39. The van der Waals surface area contributed by atoms with Crippen LogP contribution >= 0.6 is 15.5 Å². The van der Waals surface area contributed by atoms with Crippen LogP contribution in [0.25, 0.3) is 11.2 Å². The van der Waals surface area contributed by atoms with E-state index in [1.807, 2.05) is 6.07 Å². The number of nitriles is 1. The minimum Gasteiger partial charge on any atom is -0.462 e. The summed E-state index contributed by atoms with van der Waals surface area (Å²) in [5, 5.41) is 26.2. The molecule has 1 saturated heterocycles. The highest BCUT2D eigenvalue weighted by Crippen LogP contribution is 2.47. The fourth-order valence-corrected chi connectivity index (χ4v) is 8.53. The van der Waals surface area contributed by atoms with Gasteiger partial charge in [-0.15, -0.1) is 0 Å². The number of ether oxygens (including phenoxy) is 3. The van der Waals surface area contributed by atoms with Gasteiger partial charge in [-0.2, -0.15) is 15.4 Å². The molecule has 58 heavy (non-hydrogen) atoms. The molecule has 1 aliphatic heterocycles. The highest BCUT2D eigenvalue weighted by molar-refractivity contribution is 7.52. The predicted molar refractivity (Wildman–Crippen MR) is 207 cm³/mol. The van der Waals surface area contributed by atoms with E-state index in [1.54, 1.807) is 69.3 Å². The number of hydrogen-bond donors (Lipinski definition) is 4. The fourth-order valence-electron chi connectivity index (χ4n) is 5.52. The average molecular weight is 845 g/mol. The number of esters is 2. The number of rotatable bonds is 20. The van der Waals surface area contributed by atoms with E-state index in [0.29, 0.717) is 0 Å². The number of aliphatic hydroxyl groups is 1. The number of nitrogens with one attached hydrogen (secondary N) is 2. The Balaban J connectivity index is 1.21. The number of carbonyl (C=O) groups excluding carboxylic acids is 2. The molecule has 9 unspecified atom stereocenters. The molecule has 3 heterocycles. The van der Waals surface area contributed by atoms with Crippen molar-refractivity contribution in [2.75, 3.05) is 18.9 Å². The van der Waals surface area contributed by atoms with Crippen molar-refractivity contribution >= 4 is 44.4 Å². The first kappa shape index (κ1) is 44.1. The van der Waals surface area contributed by atoms with Crippen LogP contribution in [0.15, 0.2) is 73.3 Å². The lowest BCUT2D eigenvalue weighted by Crippen LogP contribution is -2.38. The van der Waals surface area contributed by atoms with Gasteiger partial charge in [-0.3, -0.25) is 23.2 Å². The summed E-state index contributed by atoms with van der Waals surface area (Å²) in [6.45, 7) is 6.98. The number of carbonyl (C=O) groups is 2. The number of nitrogens with zero attached hydrogens (tertiary/aromatic N) is 5. The first-order chi connectivity index (χ1) is 27.6. The van der Waals surface area contributed by atoms with Gasteiger partial charge in [0, 0.05) is 6.42 Å². The third kappa shape index (κ3) is 11.6. The van der Waals surface area contributed by atoms with E-state index in [1.165, 1.54) is 43.2 Å². The zero-order chi connectivity index (χ0) is 42.0. The lowest BCUT2D eigenvalue weighted by atomic mass is 10.0. The molecule has 0 aliphatic carbocycles. The molecule has 9 atom stereocenters. The molecule has 2 aromatic carbocycles. The maximum absolute atomic E-state index is 14.2. The first-order valence-corrected chi connectivity index (χ1v) is 21.3. The number of imidazole rings is 1. The van der Waals surface area contributed by atoms with Gasteiger partial charge in [-0.25, -0.2) is 24.1 Å². The van der Waals surface area contributed by atoms with Crippen LogP contribution in [0.1, 0.15) is 47.3 Å². The van der Waals surface area contributed by atoms with Crippen molar-refractivity contribution < 1.29 is 56.1 Å². The predicted octanol–water partition coefficient (Wildman–Crippen LogP) is 4.44. The van der Waals surface area contributed by atoms with Gasteiger partial charge in [0.05, 0.1) is 31.7 Å². The van der Waals surface area contributed by atoms with Gasteiger partial charge in [-0.1, -0.05) is 36.4 Å². The standard InChI is InChI=1S/C36H46N8O12P2/c1-22(2)52-35(46)24(4)42-57(48,55-26-12-8-6-9-13-26)50-17-16-23(3)53-36(47)25(5)43-58(49,56-27-14-10-7-11-15-27)51-19-29-31(45)28(18-37)34(54-29)44-21-41-30-32(38)39-20-40-33(30)44/h6-15,20-25,28-29,31,34,45H,16-17,19H2,1-5H3,(H,42,48)(H,43,49)(H2,38,39,40). The van der Waals surface area contributed by atoms with E-state index in [4.69, 9.17) is 38.0 Å². The highest BCUT2D eigenvalue weighted by atomic mass is 31.2. The molecule has 0 saturated carbocycles. The molecule has 312 valence electrons. The number of hydrogen-bond acceptors (Lipinski definition) is 17. The maximum atomic E-state index is 14.2. The summed E-state index contributed by atoms with van der Waals surface area (Å²) in [6, 6.07) is 15.9. The Morgan fingerprint density at radius 1 is 0.897 bits per heavy atom. The molecule has 22 heteroatoms. The lowest BCUT2D eigenvalue weighted by Gasteiger charge is -2.25. The van der Waals surface area contributed by atoms with E-state index < -0.39 is 82.7 Å². The molecule has 5 rings (SSSR count). The number of nitrogens with two attached hydrogens (primary N) is 1. The second-order valence-corrected chi connectivity index (χ2v) is 16.8. The molecular weight excluding hydrogens is 798 g/mol. The summed E-state index contributed by atoms with van der Waals surface area (Å²) in [5.41, 5.74) is 6.45. The Bertz CT molecular complexity index is 2140. The Labute approximate surface area is 334 Å². The van der Waals surface area contributed by atoms with Gasteiger partial charge in [0.2, 0.25) is 0 Å².